The molecule has 1 aromatic heterocycles. The van der Waals surface area contributed by atoms with E-state index >= 15 is 0 Å². The first-order valence-corrected chi connectivity index (χ1v) is 7.15. The van der Waals surface area contributed by atoms with Gasteiger partial charge in [0, 0.05) is 17.9 Å². The predicted molar refractivity (Wildman–Crippen MR) is 69.9 cm³/mol. The Morgan fingerprint density at radius 1 is 1.37 bits per heavy atom. The average molecular weight is 279 g/mol. The molecule has 0 unspecified atom stereocenters. The monoisotopic (exact) mass is 279 g/mol. The van der Waals surface area contributed by atoms with Crippen molar-refractivity contribution < 1.29 is 4.39 Å². The molecule has 5 nitrogen and oxygen atoms in total. The van der Waals surface area contributed by atoms with Crippen molar-refractivity contribution >= 4 is 11.8 Å². The van der Waals surface area contributed by atoms with E-state index < -0.39 is 0 Å². The first-order chi connectivity index (χ1) is 9.29. The molecule has 1 aliphatic carbocycles. The lowest BCUT2D eigenvalue weighted by Crippen LogP contribution is -2.03. The lowest BCUT2D eigenvalue weighted by Gasteiger charge is -2.06. The third-order valence-electron chi connectivity index (χ3n) is 3.09. The Balaban J connectivity index is 1.73. The Bertz CT molecular complexity index is 581. The number of halogens is 1. The van der Waals surface area contributed by atoms with Gasteiger partial charge in [-0.15, -0.1) is 5.10 Å². The molecule has 1 aliphatic rings. The predicted octanol–water partition coefficient (Wildman–Crippen LogP) is 1.90. The number of aromatic nitrogens is 4. The van der Waals surface area contributed by atoms with Crippen molar-refractivity contribution in [2.45, 2.75) is 36.3 Å². The molecule has 2 aromatic rings. The zero-order chi connectivity index (χ0) is 13.2. The zero-order valence-electron chi connectivity index (χ0n) is 10.3. The number of thioether (sulfide) groups is 1. The first kappa shape index (κ1) is 12.6. The average Bonchev–Trinajstić information content (AvgIpc) is 3.17. The highest BCUT2D eigenvalue weighted by molar-refractivity contribution is 7.98. The topological polar surface area (TPSA) is 69.6 Å². The molecule has 0 saturated heterocycles. The van der Waals surface area contributed by atoms with Crippen molar-refractivity contribution in [2.24, 2.45) is 5.73 Å². The van der Waals surface area contributed by atoms with Crippen LogP contribution in [0.3, 0.4) is 0 Å². The molecule has 1 saturated carbocycles. The fourth-order valence-corrected chi connectivity index (χ4v) is 2.79. The smallest absolute Gasteiger partial charge is 0.209 e. The largest absolute Gasteiger partial charge is 0.326 e. The number of nitrogens with two attached hydrogens (primary N) is 1. The second-order valence-electron chi connectivity index (χ2n) is 4.52. The summed E-state index contributed by atoms with van der Waals surface area (Å²) in [5, 5.41) is 12.4. The first-order valence-electron chi connectivity index (χ1n) is 6.16. The molecular formula is C12H14FN5S. The van der Waals surface area contributed by atoms with Gasteiger partial charge in [0.05, 0.1) is 6.04 Å². The summed E-state index contributed by atoms with van der Waals surface area (Å²) in [5.41, 5.74) is 6.68. The molecule has 0 spiro atoms. The fourth-order valence-electron chi connectivity index (χ4n) is 1.87. The van der Waals surface area contributed by atoms with Crippen molar-refractivity contribution in [3.05, 3.63) is 35.1 Å². The number of tetrazole rings is 1. The molecule has 1 heterocycles. The second-order valence-corrected chi connectivity index (χ2v) is 5.46. The van der Waals surface area contributed by atoms with Crippen molar-refractivity contribution in [1.29, 1.82) is 0 Å². The molecule has 1 fully saturated rings. The van der Waals surface area contributed by atoms with Gasteiger partial charge in [-0.2, -0.15) is 0 Å². The van der Waals surface area contributed by atoms with E-state index in [9.17, 15) is 4.39 Å². The molecule has 100 valence electrons. The number of nitrogens with zero attached hydrogens (tertiary/aromatic N) is 4. The van der Waals surface area contributed by atoms with Crippen molar-refractivity contribution in [1.82, 2.24) is 20.2 Å². The molecule has 0 amide bonds. The van der Waals surface area contributed by atoms with E-state index in [1.54, 1.807) is 12.1 Å². The summed E-state index contributed by atoms with van der Waals surface area (Å²) in [6, 6.07) is 5.73. The summed E-state index contributed by atoms with van der Waals surface area (Å²) >= 11 is 1.45. The van der Waals surface area contributed by atoms with Gasteiger partial charge in [0.25, 0.3) is 0 Å². The molecule has 1 aromatic carbocycles. The van der Waals surface area contributed by atoms with E-state index in [2.05, 4.69) is 15.5 Å². The van der Waals surface area contributed by atoms with E-state index in [1.807, 2.05) is 10.7 Å². The molecule has 7 heteroatoms. The van der Waals surface area contributed by atoms with Gasteiger partial charge in [-0.1, -0.05) is 30.0 Å². The van der Waals surface area contributed by atoms with Crippen LogP contribution in [-0.4, -0.2) is 20.2 Å². The molecule has 0 atom stereocenters. The summed E-state index contributed by atoms with van der Waals surface area (Å²) in [6.45, 7) is 0.212. The van der Waals surface area contributed by atoms with E-state index in [-0.39, 0.29) is 12.4 Å². The Morgan fingerprint density at radius 2 is 2.16 bits per heavy atom. The summed E-state index contributed by atoms with van der Waals surface area (Å²) in [5.74, 6) is 0.287. The number of hydrogen-bond donors (Lipinski definition) is 1. The Labute approximate surface area is 114 Å². The quantitative estimate of drug-likeness (QED) is 0.846. The molecule has 19 heavy (non-hydrogen) atoms. The van der Waals surface area contributed by atoms with Crippen LogP contribution in [0.1, 0.15) is 30.0 Å². The van der Waals surface area contributed by atoms with E-state index in [1.165, 1.54) is 11.8 Å². The minimum Gasteiger partial charge on any atom is -0.326 e. The normalized spacial score (nSPS) is 14.8. The minimum atomic E-state index is -0.219. The minimum absolute atomic E-state index is 0.212. The molecule has 3 rings (SSSR count). The SMILES string of the molecule is NCc1cccc(CSc2nnnn2C2CC2)c1F. The van der Waals surface area contributed by atoms with Crippen LogP contribution >= 0.6 is 11.8 Å². The summed E-state index contributed by atoms with van der Waals surface area (Å²) < 4.78 is 15.8. The van der Waals surface area contributed by atoms with Gasteiger partial charge in [-0.25, -0.2) is 9.07 Å². The van der Waals surface area contributed by atoms with Gasteiger partial charge in [0.1, 0.15) is 5.82 Å². The van der Waals surface area contributed by atoms with E-state index in [0.717, 1.165) is 18.0 Å². The molecular weight excluding hydrogens is 265 g/mol. The third-order valence-corrected chi connectivity index (χ3v) is 4.07. The van der Waals surface area contributed by atoms with Crippen molar-refractivity contribution in [2.75, 3.05) is 0 Å². The molecule has 0 bridgehead atoms. The van der Waals surface area contributed by atoms with Crippen LogP contribution in [0.5, 0.6) is 0 Å². The van der Waals surface area contributed by atoms with Gasteiger partial charge >= 0.3 is 0 Å². The van der Waals surface area contributed by atoms with Crippen molar-refractivity contribution in [3.8, 4) is 0 Å². The Kier molecular flexibility index (Phi) is 3.48. The van der Waals surface area contributed by atoms with Crippen molar-refractivity contribution in [3.63, 3.8) is 0 Å². The van der Waals surface area contributed by atoms with Crippen LogP contribution in [0.15, 0.2) is 23.4 Å². The van der Waals surface area contributed by atoms with E-state index in [0.29, 0.717) is 22.9 Å². The Hall–Kier alpha value is -1.47. The van der Waals surface area contributed by atoms with Gasteiger partial charge in [-0.05, 0) is 28.8 Å². The third kappa shape index (κ3) is 2.62. The van der Waals surface area contributed by atoms with Gasteiger partial charge in [-0.3, -0.25) is 0 Å². The van der Waals surface area contributed by atoms with Gasteiger partial charge in [0.15, 0.2) is 0 Å². The van der Waals surface area contributed by atoms with E-state index in [4.69, 9.17) is 5.73 Å². The van der Waals surface area contributed by atoms with Gasteiger partial charge < -0.3 is 5.73 Å². The summed E-state index contributed by atoms with van der Waals surface area (Å²) in [6.07, 6.45) is 2.24. The summed E-state index contributed by atoms with van der Waals surface area (Å²) in [7, 11) is 0. The maximum absolute atomic E-state index is 14.0. The van der Waals surface area contributed by atoms with Crippen LogP contribution in [0, 0.1) is 5.82 Å². The molecule has 0 aliphatic heterocycles. The highest BCUT2D eigenvalue weighted by Gasteiger charge is 2.27. The number of benzene rings is 1. The van der Waals surface area contributed by atoms with Crippen LogP contribution < -0.4 is 5.73 Å². The van der Waals surface area contributed by atoms with Crippen LogP contribution in [0.25, 0.3) is 0 Å². The molecule has 0 radical (unpaired) electrons. The lowest BCUT2D eigenvalue weighted by molar-refractivity contribution is 0.565. The second kappa shape index (κ2) is 5.26. The van der Waals surface area contributed by atoms with Gasteiger partial charge in [0.2, 0.25) is 5.16 Å². The lowest BCUT2D eigenvalue weighted by atomic mass is 10.1. The highest BCUT2D eigenvalue weighted by atomic mass is 32.2. The maximum Gasteiger partial charge on any atom is 0.209 e. The van der Waals surface area contributed by atoms with Crippen LogP contribution in [-0.2, 0) is 12.3 Å². The number of hydrogen-bond acceptors (Lipinski definition) is 5. The molecule has 2 N–H and O–H groups in total. The van der Waals surface area contributed by atoms with Crippen LogP contribution in [0.4, 0.5) is 4.39 Å². The standard InChI is InChI=1S/C12H14FN5S/c13-11-8(6-14)2-1-3-9(11)7-19-12-15-16-17-18(12)10-4-5-10/h1-3,10H,4-7,14H2. The van der Waals surface area contributed by atoms with Crippen LogP contribution in [0.2, 0.25) is 0 Å². The highest BCUT2D eigenvalue weighted by Crippen LogP contribution is 2.37. The Morgan fingerprint density at radius 3 is 2.89 bits per heavy atom. The summed E-state index contributed by atoms with van der Waals surface area (Å²) in [4.78, 5) is 0. The maximum atomic E-state index is 14.0. The zero-order valence-corrected chi connectivity index (χ0v) is 11.1. The fraction of sp³-hybridized carbons (Fsp3) is 0.417. The number of rotatable bonds is 5.